The summed E-state index contributed by atoms with van der Waals surface area (Å²) in [5, 5.41) is 13.7. The molecule has 1 aromatic rings. The quantitative estimate of drug-likeness (QED) is 0.675. The van der Waals surface area contributed by atoms with E-state index in [1.165, 1.54) is 12.1 Å². The monoisotopic (exact) mass is 272 g/mol. The summed E-state index contributed by atoms with van der Waals surface area (Å²) >= 11 is 3.30. The van der Waals surface area contributed by atoms with E-state index in [2.05, 4.69) is 35.1 Å². The number of rotatable bonds is 4. The third-order valence-electron chi connectivity index (χ3n) is 1.86. The molecule has 0 atom stereocenters. The summed E-state index contributed by atoms with van der Waals surface area (Å²) in [7, 11) is 0. The Hall–Kier alpha value is -1.10. The molecular weight excluding hydrogens is 260 g/mol. The largest absolute Gasteiger partial charge is 0.384 e. The number of nitro benzene ring substituents is 1. The topological polar surface area (TPSA) is 55.2 Å². The van der Waals surface area contributed by atoms with Crippen LogP contribution in [0.15, 0.2) is 22.7 Å². The van der Waals surface area contributed by atoms with Crippen LogP contribution in [0.3, 0.4) is 0 Å². The predicted octanol–water partition coefficient (Wildman–Crippen LogP) is 3.43. The molecule has 0 saturated heterocycles. The average Bonchev–Trinajstić information content (AvgIpc) is 2.15. The van der Waals surface area contributed by atoms with Gasteiger partial charge < -0.3 is 5.32 Å². The van der Waals surface area contributed by atoms with E-state index in [1.54, 1.807) is 6.07 Å². The second-order valence-corrected chi connectivity index (χ2v) is 4.55. The van der Waals surface area contributed by atoms with Gasteiger partial charge in [-0.1, -0.05) is 13.8 Å². The molecule has 0 spiro atoms. The first kappa shape index (κ1) is 12.0. The van der Waals surface area contributed by atoms with E-state index in [0.29, 0.717) is 5.92 Å². The maximum absolute atomic E-state index is 10.5. The lowest BCUT2D eigenvalue weighted by molar-refractivity contribution is -0.384. The van der Waals surface area contributed by atoms with Crippen LogP contribution in [0.25, 0.3) is 0 Å². The van der Waals surface area contributed by atoms with Gasteiger partial charge in [0.05, 0.1) is 4.92 Å². The van der Waals surface area contributed by atoms with Gasteiger partial charge in [0.15, 0.2) is 0 Å². The summed E-state index contributed by atoms with van der Waals surface area (Å²) < 4.78 is 0.720. The number of nitrogens with one attached hydrogen (secondary N) is 1. The van der Waals surface area contributed by atoms with Gasteiger partial charge >= 0.3 is 0 Å². The molecule has 0 saturated carbocycles. The van der Waals surface area contributed by atoms with Gasteiger partial charge in [-0.25, -0.2) is 0 Å². The van der Waals surface area contributed by atoms with Crippen LogP contribution in [-0.2, 0) is 0 Å². The normalized spacial score (nSPS) is 10.4. The van der Waals surface area contributed by atoms with Crippen molar-refractivity contribution in [2.75, 3.05) is 11.9 Å². The second-order valence-electron chi connectivity index (χ2n) is 3.70. The number of nitro groups is 1. The highest BCUT2D eigenvalue weighted by atomic mass is 79.9. The standard InChI is InChI=1S/C10H13BrN2O2/c1-7(2)6-12-10-4-3-8(13(14)15)5-9(10)11/h3-5,7,12H,6H2,1-2H3. The fourth-order valence-electron chi connectivity index (χ4n) is 1.08. The van der Waals surface area contributed by atoms with Crippen molar-refractivity contribution in [2.24, 2.45) is 5.92 Å². The van der Waals surface area contributed by atoms with Gasteiger partial charge in [0.2, 0.25) is 0 Å². The third-order valence-corrected chi connectivity index (χ3v) is 2.52. The first-order valence-corrected chi connectivity index (χ1v) is 5.48. The summed E-state index contributed by atoms with van der Waals surface area (Å²) in [6, 6.07) is 4.71. The van der Waals surface area contributed by atoms with Crippen molar-refractivity contribution in [1.82, 2.24) is 0 Å². The molecule has 0 aliphatic heterocycles. The lowest BCUT2D eigenvalue weighted by atomic mass is 10.2. The Morgan fingerprint density at radius 2 is 2.20 bits per heavy atom. The molecule has 0 heterocycles. The van der Waals surface area contributed by atoms with Crippen molar-refractivity contribution >= 4 is 27.3 Å². The molecule has 82 valence electrons. The number of hydrogen-bond acceptors (Lipinski definition) is 3. The average molecular weight is 273 g/mol. The van der Waals surface area contributed by atoms with Crippen LogP contribution in [0.1, 0.15) is 13.8 Å². The number of hydrogen-bond donors (Lipinski definition) is 1. The molecule has 15 heavy (non-hydrogen) atoms. The number of benzene rings is 1. The Morgan fingerprint density at radius 1 is 1.53 bits per heavy atom. The first-order valence-electron chi connectivity index (χ1n) is 4.68. The highest BCUT2D eigenvalue weighted by Crippen LogP contribution is 2.27. The maximum atomic E-state index is 10.5. The second kappa shape index (κ2) is 5.11. The molecule has 0 aromatic heterocycles. The molecule has 0 amide bonds. The lowest BCUT2D eigenvalue weighted by Crippen LogP contribution is -2.08. The Kier molecular flexibility index (Phi) is 4.08. The Bertz CT molecular complexity index is 366. The van der Waals surface area contributed by atoms with Gasteiger partial charge in [-0.15, -0.1) is 0 Å². The van der Waals surface area contributed by atoms with E-state index >= 15 is 0 Å². The molecule has 0 aliphatic carbocycles. The third kappa shape index (κ3) is 3.51. The maximum Gasteiger partial charge on any atom is 0.270 e. The minimum atomic E-state index is -0.406. The Labute approximate surface area is 97.0 Å². The highest BCUT2D eigenvalue weighted by molar-refractivity contribution is 9.10. The smallest absolute Gasteiger partial charge is 0.270 e. The van der Waals surface area contributed by atoms with Crippen molar-refractivity contribution in [3.63, 3.8) is 0 Å². The summed E-state index contributed by atoms with van der Waals surface area (Å²) in [5.74, 6) is 0.534. The zero-order chi connectivity index (χ0) is 11.4. The fourth-order valence-corrected chi connectivity index (χ4v) is 1.58. The summed E-state index contributed by atoms with van der Waals surface area (Å²) in [4.78, 5) is 10.1. The van der Waals surface area contributed by atoms with Crippen LogP contribution in [0.2, 0.25) is 0 Å². The van der Waals surface area contributed by atoms with Crippen LogP contribution >= 0.6 is 15.9 Å². The van der Waals surface area contributed by atoms with Crippen LogP contribution < -0.4 is 5.32 Å². The van der Waals surface area contributed by atoms with Gasteiger partial charge in [-0.05, 0) is 27.9 Å². The van der Waals surface area contributed by atoms with E-state index in [4.69, 9.17) is 0 Å². The number of halogens is 1. The molecule has 0 fully saturated rings. The molecule has 1 rings (SSSR count). The van der Waals surface area contributed by atoms with E-state index in [1.807, 2.05) is 0 Å². The van der Waals surface area contributed by atoms with Crippen molar-refractivity contribution < 1.29 is 4.92 Å². The molecule has 0 radical (unpaired) electrons. The zero-order valence-electron chi connectivity index (χ0n) is 8.66. The van der Waals surface area contributed by atoms with Gasteiger partial charge in [-0.3, -0.25) is 10.1 Å². The predicted molar refractivity (Wildman–Crippen MR) is 64.1 cm³/mol. The van der Waals surface area contributed by atoms with E-state index in [0.717, 1.165) is 16.7 Å². The Balaban J connectivity index is 2.79. The lowest BCUT2D eigenvalue weighted by Gasteiger charge is -2.10. The number of anilines is 1. The Morgan fingerprint density at radius 3 is 2.67 bits per heavy atom. The SMILES string of the molecule is CC(C)CNc1ccc([N+](=O)[O-])cc1Br. The van der Waals surface area contributed by atoms with Crippen molar-refractivity contribution in [3.8, 4) is 0 Å². The molecular formula is C10H13BrN2O2. The summed E-state index contributed by atoms with van der Waals surface area (Å²) in [5.41, 5.74) is 0.978. The molecule has 1 N–H and O–H groups in total. The highest BCUT2D eigenvalue weighted by Gasteiger charge is 2.08. The van der Waals surface area contributed by atoms with Gasteiger partial charge in [0, 0.05) is 28.8 Å². The van der Waals surface area contributed by atoms with Gasteiger partial charge in [0.25, 0.3) is 5.69 Å². The molecule has 0 unspecified atom stereocenters. The molecule has 0 bridgehead atoms. The van der Waals surface area contributed by atoms with Crippen LogP contribution in [0.4, 0.5) is 11.4 Å². The fraction of sp³-hybridized carbons (Fsp3) is 0.400. The minimum Gasteiger partial charge on any atom is -0.384 e. The zero-order valence-corrected chi connectivity index (χ0v) is 10.2. The number of nitrogens with zero attached hydrogens (tertiary/aromatic N) is 1. The van der Waals surface area contributed by atoms with Gasteiger partial charge in [0.1, 0.15) is 0 Å². The van der Waals surface area contributed by atoms with E-state index < -0.39 is 4.92 Å². The van der Waals surface area contributed by atoms with Crippen molar-refractivity contribution in [1.29, 1.82) is 0 Å². The summed E-state index contributed by atoms with van der Waals surface area (Å²) in [6.45, 7) is 5.05. The summed E-state index contributed by atoms with van der Waals surface area (Å²) in [6.07, 6.45) is 0. The molecule has 0 aliphatic rings. The molecule has 1 aromatic carbocycles. The van der Waals surface area contributed by atoms with Crippen LogP contribution in [-0.4, -0.2) is 11.5 Å². The van der Waals surface area contributed by atoms with Crippen molar-refractivity contribution in [3.05, 3.63) is 32.8 Å². The van der Waals surface area contributed by atoms with Crippen molar-refractivity contribution in [2.45, 2.75) is 13.8 Å². The van der Waals surface area contributed by atoms with E-state index in [-0.39, 0.29) is 5.69 Å². The minimum absolute atomic E-state index is 0.0944. The first-order chi connectivity index (χ1) is 7.00. The molecule has 4 nitrogen and oxygen atoms in total. The van der Waals surface area contributed by atoms with E-state index in [9.17, 15) is 10.1 Å². The van der Waals surface area contributed by atoms with Gasteiger partial charge in [-0.2, -0.15) is 0 Å². The molecule has 5 heteroatoms. The van der Waals surface area contributed by atoms with Crippen LogP contribution in [0.5, 0.6) is 0 Å². The van der Waals surface area contributed by atoms with Crippen LogP contribution in [0, 0.1) is 16.0 Å². The number of non-ortho nitro benzene ring substituents is 1.